The van der Waals surface area contributed by atoms with E-state index in [9.17, 15) is 0 Å². The molecule has 0 aliphatic rings. The molecule has 0 unspecified atom stereocenters. The van der Waals surface area contributed by atoms with E-state index in [0.29, 0.717) is 17.2 Å². The van der Waals surface area contributed by atoms with Crippen molar-refractivity contribution < 1.29 is 0 Å². The van der Waals surface area contributed by atoms with Crippen LogP contribution in [-0.4, -0.2) is 10.2 Å². The van der Waals surface area contributed by atoms with Gasteiger partial charge in [-0.2, -0.15) is 0 Å². The number of thioether (sulfide) groups is 1. The Hall–Kier alpha value is -1.63. The second kappa shape index (κ2) is 8.51. The van der Waals surface area contributed by atoms with Crippen LogP contribution in [0.4, 0.5) is 0 Å². The summed E-state index contributed by atoms with van der Waals surface area (Å²) in [6.07, 6.45) is 6.32. The maximum absolute atomic E-state index is 7.50. The molecule has 6 nitrogen and oxygen atoms in total. The molecule has 0 bridgehead atoms. The molecule has 0 aliphatic heterocycles. The molecule has 0 spiro atoms. The maximum atomic E-state index is 7.50. The van der Waals surface area contributed by atoms with E-state index in [4.69, 9.17) is 33.8 Å². The summed E-state index contributed by atoms with van der Waals surface area (Å²) in [7, 11) is 0. The standard InChI is InChI=1S/C10H20N6S/c11-7(5-6-8(12)13)3-1-2-4-9(14)17-10(15)16/h5-6,14H,1-4,11-13H2,(H3,15,16)/b7-5-,14-9?. The topological polar surface area (TPSA) is 152 Å². The molecule has 0 aromatic rings. The summed E-state index contributed by atoms with van der Waals surface area (Å²) in [6, 6.07) is 0. The normalized spacial score (nSPS) is 10.9. The molecule has 10 N–H and O–H groups in total. The van der Waals surface area contributed by atoms with E-state index in [1.165, 1.54) is 0 Å². The van der Waals surface area contributed by atoms with Gasteiger partial charge in [0.15, 0.2) is 5.17 Å². The summed E-state index contributed by atoms with van der Waals surface area (Å²) in [5.41, 5.74) is 22.1. The second-order valence-electron chi connectivity index (χ2n) is 3.50. The third kappa shape index (κ3) is 10.6. The van der Waals surface area contributed by atoms with Crippen molar-refractivity contribution in [2.24, 2.45) is 22.9 Å². The molecule has 96 valence electrons. The van der Waals surface area contributed by atoms with Crippen molar-refractivity contribution >= 4 is 22.0 Å². The molecule has 0 aliphatic carbocycles. The largest absolute Gasteiger partial charge is 0.402 e. The molecule has 0 aromatic heterocycles. The number of hydrogen-bond acceptors (Lipinski definition) is 6. The van der Waals surface area contributed by atoms with Gasteiger partial charge in [0.1, 0.15) is 0 Å². The highest BCUT2D eigenvalue weighted by Gasteiger charge is 2.00. The van der Waals surface area contributed by atoms with Crippen LogP contribution < -0.4 is 22.9 Å². The lowest BCUT2D eigenvalue weighted by Gasteiger charge is -2.02. The van der Waals surface area contributed by atoms with Crippen molar-refractivity contribution in [1.29, 1.82) is 10.8 Å². The fraction of sp³-hybridized carbons (Fsp3) is 0.400. The molecule has 0 atom stereocenters. The number of allylic oxidation sites excluding steroid dienone is 3. The van der Waals surface area contributed by atoms with E-state index in [-0.39, 0.29) is 11.0 Å². The van der Waals surface area contributed by atoms with Crippen LogP contribution in [0.3, 0.4) is 0 Å². The Kier molecular flexibility index (Phi) is 7.70. The molecular formula is C10H20N6S. The molecule has 7 heteroatoms. The summed E-state index contributed by atoms with van der Waals surface area (Å²) in [4.78, 5) is 0. The number of hydrogen-bond donors (Lipinski definition) is 6. The molecule has 0 fully saturated rings. The van der Waals surface area contributed by atoms with E-state index in [1.54, 1.807) is 12.2 Å². The van der Waals surface area contributed by atoms with Crippen molar-refractivity contribution in [2.45, 2.75) is 25.7 Å². The first-order valence-electron chi connectivity index (χ1n) is 5.18. The van der Waals surface area contributed by atoms with E-state index in [0.717, 1.165) is 31.0 Å². The Balaban J connectivity index is 3.71. The molecule has 0 radical (unpaired) electrons. The predicted molar refractivity (Wildman–Crippen MR) is 74.4 cm³/mol. The Morgan fingerprint density at radius 3 is 2.06 bits per heavy atom. The zero-order chi connectivity index (χ0) is 13.3. The third-order valence-electron chi connectivity index (χ3n) is 1.84. The van der Waals surface area contributed by atoms with Gasteiger partial charge in [0.05, 0.1) is 10.9 Å². The summed E-state index contributed by atoms with van der Waals surface area (Å²) in [6.45, 7) is 0. The molecule has 17 heavy (non-hydrogen) atoms. The van der Waals surface area contributed by atoms with Crippen molar-refractivity contribution in [3.63, 3.8) is 0 Å². The molecule has 0 amide bonds. The Bertz CT molecular complexity index is 330. The van der Waals surface area contributed by atoms with E-state index in [2.05, 4.69) is 0 Å². The Morgan fingerprint density at radius 2 is 1.53 bits per heavy atom. The van der Waals surface area contributed by atoms with Gasteiger partial charge in [0.2, 0.25) is 0 Å². The summed E-state index contributed by atoms with van der Waals surface area (Å²) >= 11 is 0.983. The van der Waals surface area contributed by atoms with Gasteiger partial charge in [-0.3, -0.25) is 10.8 Å². The van der Waals surface area contributed by atoms with Gasteiger partial charge in [-0.15, -0.1) is 0 Å². The Labute approximate surface area is 105 Å². The van der Waals surface area contributed by atoms with Crippen molar-refractivity contribution in [3.05, 3.63) is 23.7 Å². The monoisotopic (exact) mass is 256 g/mol. The highest BCUT2D eigenvalue weighted by Crippen LogP contribution is 2.11. The van der Waals surface area contributed by atoms with Crippen LogP contribution in [0.1, 0.15) is 25.7 Å². The van der Waals surface area contributed by atoms with Crippen LogP contribution in [0.5, 0.6) is 0 Å². The first-order valence-corrected chi connectivity index (χ1v) is 6.00. The van der Waals surface area contributed by atoms with Crippen molar-refractivity contribution in [3.8, 4) is 0 Å². The van der Waals surface area contributed by atoms with Gasteiger partial charge in [0.25, 0.3) is 0 Å². The fourth-order valence-electron chi connectivity index (χ4n) is 1.09. The van der Waals surface area contributed by atoms with Gasteiger partial charge >= 0.3 is 0 Å². The zero-order valence-corrected chi connectivity index (χ0v) is 10.5. The average molecular weight is 256 g/mol. The minimum Gasteiger partial charge on any atom is -0.402 e. The van der Waals surface area contributed by atoms with Crippen molar-refractivity contribution in [1.82, 2.24) is 0 Å². The molecular weight excluding hydrogens is 236 g/mol. The predicted octanol–water partition coefficient (Wildman–Crippen LogP) is 0.752. The Morgan fingerprint density at radius 1 is 0.941 bits per heavy atom. The average Bonchev–Trinajstić information content (AvgIpc) is 2.20. The molecule has 0 saturated heterocycles. The maximum Gasteiger partial charge on any atom is 0.157 e. The summed E-state index contributed by atoms with van der Waals surface area (Å²) in [5, 5.41) is 14.9. The number of unbranched alkanes of at least 4 members (excludes halogenated alkanes) is 1. The minimum atomic E-state index is -0.0435. The molecule has 0 saturated carbocycles. The van der Waals surface area contributed by atoms with Crippen LogP contribution in [0.25, 0.3) is 0 Å². The highest BCUT2D eigenvalue weighted by molar-refractivity contribution is 8.26. The van der Waals surface area contributed by atoms with E-state index in [1.807, 2.05) is 0 Å². The SMILES string of the molecule is N=C(N)SC(=N)CCCC/C(N)=C/C=C(N)N. The van der Waals surface area contributed by atoms with Crippen LogP contribution in [0.2, 0.25) is 0 Å². The van der Waals surface area contributed by atoms with Crippen LogP contribution >= 0.6 is 11.8 Å². The quantitative estimate of drug-likeness (QED) is 0.179. The summed E-state index contributed by atoms with van der Waals surface area (Å²) in [5.74, 6) is 0.229. The van der Waals surface area contributed by atoms with Crippen LogP contribution in [0, 0.1) is 10.8 Å². The first-order chi connectivity index (χ1) is 7.91. The van der Waals surface area contributed by atoms with Crippen LogP contribution in [-0.2, 0) is 0 Å². The fourth-order valence-corrected chi connectivity index (χ4v) is 1.60. The smallest absolute Gasteiger partial charge is 0.157 e. The molecule has 0 aromatic carbocycles. The van der Waals surface area contributed by atoms with Gasteiger partial charge < -0.3 is 22.9 Å². The van der Waals surface area contributed by atoms with E-state index >= 15 is 0 Å². The summed E-state index contributed by atoms with van der Waals surface area (Å²) < 4.78 is 0. The van der Waals surface area contributed by atoms with Crippen LogP contribution in [0.15, 0.2) is 23.7 Å². The molecule has 0 rings (SSSR count). The lowest BCUT2D eigenvalue weighted by molar-refractivity contribution is 0.753. The number of nitrogens with two attached hydrogens (primary N) is 4. The van der Waals surface area contributed by atoms with Gasteiger partial charge in [-0.05, 0) is 49.6 Å². The highest BCUT2D eigenvalue weighted by atomic mass is 32.2. The second-order valence-corrected chi connectivity index (χ2v) is 4.64. The van der Waals surface area contributed by atoms with E-state index < -0.39 is 0 Å². The molecule has 0 heterocycles. The number of amidine groups is 1. The van der Waals surface area contributed by atoms with Crippen molar-refractivity contribution in [2.75, 3.05) is 0 Å². The van der Waals surface area contributed by atoms with Gasteiger partial charge in [0, 0.05) is 5.70 Å². The third-order valence-corrected chi connectivity index (χ3v) is 2.51. The number of rotatable bonds is 6. The first kappa shape index (κ1) is 15.4. The van der Waals surface area contributed by atoms with Gasteiger partial charge in [-0.25, -0.2) is 0 Å². The zero-order valence-electron chi connectivity index (χ0n) is 9.70. The lowest BCUT2D eigenvalue weighted by atomic mass is 10.1. The lowest BCUT2D eigenvalue weighted by Crippen LogP contribution is -2.08. The minimum absolute atomic E-state index is 0.0435. The van der Waals surface area contributed by atoms with Gasteiger partial charge in [-0.1, -0.05) is 0 Å². The number of nitrogens with one attached hydrogen (secondary N) is 2.